The van der Waals surface area contributed by atoms with Gasteiger partial charge in [0.2, 0.25) is 5.60 Å². The quantitative estimate of drug-likeness (QED) is 0.395. The summed E-state index contributed by atoms with van der Waals surface area (Å²) in [6.45, 7) is 2.38. The summed E-state index contributed by atoms with van der Waals surface area (Å²) in [7, 11) is 0. The van der Waals surface area contributed by atoms with E-state index < -0.39 is 35.9 Å². The van der Waals surface area contributed by atoms with Crippen LogP contribution in [0.4, 0.5) is 4.39 Å². The number of esters is 2. The van der Waals surface area contributed by atoms with Crippen molar-refractivity contribution in [3.8, 4) is 0 Å². The Bertz CT molecular complexity index is 1420. The van der Waals surface area contributed by atoms with E-state index in [0.717, 1.165) is 10.8 Å². The number of nitrogens with zero attached hydrogens (tertiary/aromatic N) is 2. The van der Waals surface area contributed by atoms with Crippen molar-refractivity contribution in [3.63, 3.8) is 0 Å². The Balaban J connectivity index is 1.39. The zero-order chi connectivity index (χ0) is 26.9. The minimum absolute atomic E-state index is 0.151. The van der Waals surface area contributed by atoms with Gasteiger partial charge < -0.3 is 14.3 Å². The third-order valence-electron chi connectivity index (χ3n) is 7.32. The lowest BCUT2D eigenvalue weighted by Crippen LogP contribution is -2.49. The topological polar surface area (TPSA) is 104 Å². The van der Waals surface area contributed by atoms with E-state index in [2.05, 4.69) is 10.1 Å². The third-order valence-corrected chi connectivity index (χ3v) is 7.32. The summed E-state index contributed by atoms with van der Waals surface area (Å²) in [5, 5.41) is 6.12. The highest BCUT2D eigenvalue weighted by molar-refractivity contribution is 6.12. The maximum absolute atomic E-state index is 14.4. The van der Waals surface area contributed by atoms with E-state index in [1.807, 2.05) is 44.2 Å². The normalized spacial score (nSPS) is 24.7. The highest BCUT2D eigenvalue weighted by atomic mass is 19.1. The lowest BCUT2D eigenvalue weighted by atomic mass is 9.77. The number of Topliss-reactive ketones (excluding diaryl/α,β-unsaturated/α-hetero) is 1. The first kappa shape index (κ1) is 25.5. The SMILES string of the molecule is CC(C)[C@@]1(C(=O)C[C@H]2CC(=O)O[C@@]2(CF)OC(=O)c2ccccc2)CC(c2nccc3ccccc23)=NO1. The summed E-state index contributed by atoms with van der Waals surface area (Å²) < 4.78 is 25.1. The number of aromatic nitrogens is 1. The van der Waals surface area contributed by atoms with Gasteiger partial charge in [-0.2, -0.15) is 0 Å². The first-order chi connectivity index (χ1) is 18.3. The van der Waals surface area contributed by atoms with Crippen molar-refractivity contribution in [2.75, 3.05) is 6.67 Å². The van der Waals surface area contributed by atoms with Crippen LogP contribution >= 0.6 is 0 Å². The molecule has 0 spiro atoms. The molecule has 1 fully saturated rings. The first-order valence-corrected chi connectivity index (χ1v) is 12.5. The molecule has 0 radical (unpaired) electrons. The molecule has 3 aromatic rings. The zero-order valence-corrected chi connectivity index (χ0v) is 21.1. The van der Waals surface area contributed by atoms with E-state index in [0.29, 0.717) is 11.4 Å². The van der Waals surface area contributed by atoms with Crippen molar-refractivity contribution in [1.82, 2.24) is 4.98 Å². The van der Waals surface area contributed by atoms with Crippen LogP contribution < -0.4 is 0 Å². The zero-order valence-electron chi connectivity index (χ0n) is 21.1. The first-order valence-electron chi connectivity index (χ1n) is 12.5. The molecule has 38 heavy (non-hydrogen) atoms. The highest BCUT2D eigenvalue weighted by Gasteiger charge is 2.57. The van der Waals surface area contributed by atoms with Crippen molar-refractivity contribution in [3.05, 3.63) is 78.1 Å². The van der Waals surface area contributed by atoms with Crippen LogP contribution in [-0.4, -0.2) is 46.5 Å². The summed E-state index contributed by atoms with van der Waals surface area (Å²) in [6, 6.07) is 17.6. The maximum Gasteiger partial charge on any atom is 0.341 e. The Labute approximate surface area is 218 Å². The summed E-state index contributed by atoms with van der Waals surface area (Å²) in [5.74, 6) is -5.52. The number of fused-ring (bicyclic) bond motifs is 1. The van der Waals surface area contributed by atoms with Crippen LogP contribution in [0.25, 0.3) is 10.8 Å². The number of cyclic esters (lactones) is 1. The van der Waals surface area contributed by atoms with Gasteiger partial charge >= 0.3 is 11.9 Å². The molecule has 3 atom stereocenters. The maximum atomic E-state index is 14.4. The van der Waals surface area contributed by atoms with Crippen LogP contribution in [0, 0.1) is 11.8 Å². The second-order valence-electron chi connectivity index (χ2n) is 9.93. The smallest absolute Gasteiger partial charge is 0.341 e. The Morgan fingerprint density at radius 3 is 2.58 bits per heavy atom. The molecule has 1 saturated heterocycles. The van der Waals surface area contributed by atoms with Gasteiger partial charge in [-0.1, -0.05) is 61.5 Å². The number of halogens is 1. The minimum Gasteiger partial charge on any atom is -0.419 e. The largest absolute Gasteiger partial charge is 0.419 e. The number of ketones is 1. The van der Waals surface area contributed by atoms with Crippen LogP contribution in [0.3, 0.4) is 0 Å². The minimum atomic E-state index is -2.20. The molecular formula is C29H27FN2O6. The van der Waals surface area contributed by atoms with Crippen molar-refractivity contribution < 1.29 is 33.1 Å². The fourth-order valence-corrected chi connectivity index (χ4v) is 5.06. The molecule has 0 amide bonds. The van der Waals surface area contributed by atoms with Crippen molar-refractivity contribution in [2.24, 2.45) is 17.0 Å². The van der Waals surface area contributed by atoms with E-state index in [4.69, 9.17) is 14.3 Å². The van der Waals surface area contributed by atoms with E-state index in [-0.39, 0.29) is 36.5 Å². The number of rotatable bonds is 8. The van der Waals surface area contributed by atoms with Gasteiger partial charge in [0.15, 0.2) is 12.5 Å². The Morgan fingerprint density at radius 1 is 1.11 bits per heavy atom. The van der Waals surface area contributed by atoms with Crippen LogP contribution in [0.2, 0.25) is 0 Å². The molecule has 2 aliphatic rings. The highest BCUT2D eigenvalue weighted by Crippen LogP contribution is 2.42. The van der Waals surface area contributed by atoms with Gasteiger partial charge in [0, 0.05) is 30.3 Å². The van der Waals surface area contributed by atoms with Gasteiger partial charge in [0.25, 0.3) is 5.79 Å². The summed E-state index contributed by atoms with van der Waals surface area (Å²) >= 11 is 0. The average molecular weight is 519 g/mol. The summed E-state index contributed by atoms with van der Waals surface area (Å²) in [6.07, 6.45) is 1.25. The number of ether oxygens (including phenoxy) is 2. The van der Waals surface area contributed by atoms with Gasteiger partial charge in [0.1, 0.15) is 5.71 Å². The summed E-state index contributed by atoms with van der Waals surface area (Å²) in [4.78, 5) is 49.1. The van der Waals surface area contributed by atoms with Crippen molar-refractivity contribution in [1.29, 1.82) is 0 Å². The molecule has 0 unspecified atom stereocenters. The molecule has 2 aliphatic heterocycles. The Kier molecular flexibility index (Phi) is 6.69. The van der Waals surface area contributed by atoms with Crippen LogP contribution in [0.5, 0.6) is 0 Å². The van der Waals surface area contributed by atoms with Gasteiger partial charge in [-0.3, -0.25) is 14.6 Å². The lowest BCUT2D eigenvalue weighted by Gasteiger charge is -2.33. The molecule has 2 aromatic carbocycles. The van der Waals surface area contributed by atoms with Crippen LogP contribution in [0.15, 0.2) is 72.0 Å². The molecular weight excluding hydrogens is 491 g/mol. The number of pyridine rings is 1. The number of alkyl halides is 1. The average Bonchev–Trinajstić information content (AvgIpc) is 3.51. The van der Waals surface area contributed by atoms with Crippen molar-refractivity contribution >= 4 is 34.2 Å². The van der Waals surface area contributed by atoms with E-state index >= 15 is 0 Å². The molecule has 196 valence electrons. The number of carbonyl (C=O) groups is 3. The van der Waals surface area contributed by atoms with Gasteiger partial charge in [-0.25, -0.2) is 9.18 Å². The van der Waals surface area contributed by atoms with E-state index in [1.165, 1.54) is 12.1 Å². The second kappa shape index (κ2) is 9.96. The Hall–Kier alpha value is -4.14. The van der Waals surface area contributed by atoms with Crippen LogP contribution in [0.1, 0.15) is 49.2 Å². The molecule has 1 aromatic heterocycles. The summed E-state index contributed by atoms with van der Waals surface area (Å²) in [5.41, 5.74) is -0.0419. The number of hydrogen-bond acceptors (Lipinski definition) is 8. The standard InChI is InChI=1S/C29H27FN2O6/c1-18(2)28(16-23(32-38-28)26-22-11-7-6-8-19(22)12-13-31-26)24(33)14-21-15-25(34)36-29(21,17-30)37-27(35)20-9-4-3-5-10-20/h3-13,18,21H,14-17H2,1-2H3/t21-,28+,29-/m0/s1. The van der Waals surface area contributed by atoms with Crippen molar-refractivity contribution in [2.45, 2.75) is 44.5 Å². The molecule has 0 N–H and O–H groups in total. The molecule has 9 heteroatoms. The number of hydrogen-bond donors (Lipinski definition) is 0. The third kappa shape index (κ3) is 4.42. The predicted octanol–water partition coefficient (Wildman–Crippen LogP) is 4.80. The molecule has 5 rings (SSSR count). The Morgan fingerprint density at radius 2 is 1.84 bits per heavy atom. The predicted molar refractivity (Wildman–Crippen MR) is 136 cm³/mol. The fourth-order valence-electron chi connectivity index (χ4n) is 5.06. The van der Waals surface area contributed by atoms with Gasteiger partial charge in [0.05, 0.1) is 23.6 Å². The van der Waals surface area contributed by atoms with Gasteiger partial charge in [-0.15, -0.1) is 0 Å². The van der Waals surface area contributed by atoms with Gasteiger partial charge in [-0.05, 0) is 23.6 Å². The monoisotopic (exact) mass is 518 g/mol. The number of oxime groups is 1. The molecule has 8 nitrogen and oxygen atoms in total. The number of benzene rings is 2. The molecule has 0 aliphatic carbocycles. The lowest BCUT2D eigenvalue weighted by molar-refractivity contribution is -0.210. The van der Waals surface area contributed by atoms with E-state index in [9.17, 15) is 18.8 Å². The van der Waals surface area contributed by atoms with E-state index in [1.54, 1.807) is 24.4 Å². The fraction of sp³-hybridized carbons (Fsp3) is 0.345. The molecule has 0 saturated carbocycles. The number of carbonyl (C=O) groups excluding carboxylic acids is 3. The van der Waals surface area contributed by atoms with Crippen LogP contribution in [-0.2, 0) is 23.9 Å². The molecule has 3 heterocycles. The second-order valence-corrected chi connectivity index (χ2v) is 9.93. The molecule has 0 bridgehead atoms.